The van der Waals surface area contributed by atoms with Crippen LogP contribution in [-0.2, 0) is 0 Å². The fourth-order valence-electron chi connectivity index (χ4n) is 2.65. The van der Waals surface area contributed by atoms with Crippen LogP contribution in [0.15, 0.2) is 12.4 Å². The summed E-state index contributed by atoms with van der Waals surface area (Å²) >= 11 is 4.46. The molecule has 18 heavy (non-hydrogen) atoms. The predicted octanol–water partition coefficient (Wildman–Crippen LogP) is 3.17. The molecule has 0 amide bonds. The first kappa shape index (κ1) is 13.9. The van der Waals surface area contributed by atoms with E-state index in [-0.39, 0.29) is 5.25 Å². The van der Waals surface area contributed by atoms with Gasteiger partial charge in [0.15, 0.2) is 0 Å². The third-order valence-electron chi connectivity index (χ3n) is 3.66. The van der Waals surface area contributed by atoms with Crippen LogP contribution in [0.4, 0.5) is 0 Å². The van der Waals surface area contributed by atoms with Gasteiger partial charge in [-0.05, 0) is 25.7 Å². The zero-order chi connectivity index (χ0) is 13.1. The molecule has 1 atom stereocenters. The van der Waals surface area contributed by atoms with Crippen molar-refractivity contribution in [3.8, 4) is 0 Å². The monoisotopic (exact) mass is 267 g/mol. The van der Waals surface area contributed by atoms with Crippen LogP contribution in [-0.4, -0.2) is 34.3 Å². The first-order chi connectivity index (χ1) is 8.56. The number of rotatable bonds is 4. The summed E-state index contributed by atoms with van der Waals surface area (Å²) in [6.07, 6.45) is 6.56. The van der Waals surface area contributed by atoms with Gasteiger partial charge in [-0.15, -0.1) is 0 Å². The second-order valence-electron chi connectivity index (χ2n) is 5.86. The van der Waals surface area contributed by atoms with Crippen molar-refractivity contribution in [3.05, 3.63) is 18.0 Å². The molecule has 1 aromatic rings. The van der Waals surface area contributed by atoms with E-state index >= 15 is 0 Å². The van der Waals surface area contributed by atoms with Gasteiger partial charge in [0.05, 0.1) is 12.2 Å². The Balaban J connectivity index is 1.88. The van der Waals surface area contributed by atoms with Crippen LogP contribution in [0.25, 0.3) is 0 Å². The standard InChI is InChI=1S/C14H25N3S/c1-11(2)9-16-6-4-14(5-7-16)17-10-13(8-15-17)12(3)18/h8,10-12,14,18H,4-7,9H2,1-3H3. The molecule has 2 rings (SSSR count). The summed E-state index contributed by atoms with van der Waals surface area (Å²) in [7, 11) is 0. The van der Waals surface area contributed by atoms with Crippen molar-refractivity contribution in [2.45, 2.75) is 44.9 Å². The van der Waals surface area contributed by atoms with E-state index in [9.17, 15) is 0 Å². The van der Waals surface area contributed by atoms with Gasteiger partial charge in [0.2, 0.25) is 0 Å². The smallest absolute Gasteiger partial charge is 0.0543 e. The maximum absolute atomic E-state index is 4.50. The third kappa shape index (κ3) is 3.51. The van der Waals surface area contributed by atoms with Crippen molar-refractivity contribution < 1.29 is 0 Å². The van der Waals surface area contributed by atoms with Crippen LogP contribution in [0.2, 0.25) is 0 Å². The highest BCUT2D eigenvalue weighted by molar-refractivity contribution is 7.80. The van der Waals surface area contributed by atoms with E-state index in [1.54, 1.807) is 0 Å². The Morgan fingerprint density at radius 1 is 1.33 bits per heavy atom. The molecule has 1 saturated heterocycles. The third-order valence-corrected chi connectivity index (χ3v) is 3.96. The number of hydrogen-bond acceptors (Lipinski definition) is 3. The van der Waals surface area contributed by atoms with Crippen molar-refractivity contribution in [1.82, 2.24) is 14.7 Å². The number of likely N-dealkylation sites (tertiary alicyclic amines) is 1. The van der Waals surface area contributed by atoms with Crippen LogP contribution >= 0.6 is 12.6 Å². The lowest BCUT2D eigenvalue weighted by Crippen LogP contribution is -2.36. The molecule has 102 valence electrons. The van der Waals surface area contributed by atoms with Crippen LogP contribution in [0, 0.1) is 5.92 Å². The Morgan fingerprint density at radius 3 is 2.50 bits per heavy atom. The number of aromatic nitrogens is 2. The number of nitrogens with zero attached hydrogens (tertiary/aromatic N) is 3. The molecular formula is C14H25N3S. The quantitative estimate of drug-likeness (QED) is 0.846. The molecule has 1 aliphatic rings. The van der Waals surface area contributed by atoms with Crippen LogP contribution in [0.3, 0.4) is 0 Å². The summed E-state index contributed by atoms with van der Waals surface area (Å²) in [6, 6.07) is 0.578. The van der Waals surface area contributed by atoms with Gasteiger partial charge in [-0.3, -0.25) is 4.68 Å². The van der Waals surface area contributed by atoms with Crippen LogP contribution in [0.1, 0.15) is 50.5 Å². The van der Waals surface area contributed by atoms with Gasteiger partial charge in [0, 0.05) is 36.6 Å². The Kier molecular flexibility index (Phi) is 4.73. The molecule has 0 radical (unpaired) electrons. The van der Waals surface area contributed by atoms with E-state index in [4.69, 9.17) is 0 Å². The number of piperidine rings is 1. The molecule has 1 fully saturated rings. The van der Waals surface area contributed by atoms with Crippen molar-refractivity contribution in [2.24, 2.45) is 5.92 Å². The first-order valence-electron chi connectivity index (χ1n) is 7.00. The molecular weight excluding hydrogens is 242 g/mol. The molecule has 0 N–H and O–H groups in total. The molecule has 1 unspecified atom stereocenters. The highest BCUT2D eigenvalue weighted by Crippen LogP contribution is 2.25. The molecule has 0 saturated carbocycles. The van der Waals surface area contributed by atoms with Gasteiger partial charge < -0.3 is 4.90 Å². The Morgan fingerprint density at radius 2 is 2.00 bits per heavy atom. The Bertz CT molecular complexity index is 365. The minimum atomic E-state index is 0.278. The summed E-state index contributed by atoms with van der Waals surface area (Å²) < 4.78 is 2.15. The maximum atomic E-state index is 4.50. The highest BCUT2D eigenvalue weighted by Gasteiger charge is 2.21. The van der Waals surface area contributed by atoms with Gasteiger partial charge in [0.1, 0.15) is 0 Å². The van der Waals surface area contributed by atoms with Gasteiger partial charge in [-0.25, -0.2) is 0 Å². The van der Waals surface area contributed by atoms with E-state index in [1.165, 1.54) is 38.0 Å². The van der Waals surface area contributed by atoms with Crippen molar-refractivity contribution in [1.29, 1.82) is 0 Å². The zero-order valence-electron chi connectivity index (χ0n) is 11.7. The van der Waals surface area contributed by atoms with Crippen molar-refractivity contribution in [3.63, 3.8) is 0 Å². The molecule has 1 aliphatic heterocycles. The fraction of sp³-hybridized carbons (Fsp3) is 0.786. The summed E-state index contributed by atoms with van der Waals surface area (Å²) in [5.41, 5.74) is 1.22. The van der Waals surface area contributed by atoms with Gasteiger partial charge in [-0.2, -0.15) is 17.7 Å². The van der Waals surface area contributed by atoms with Gasteiger partial charge in [0.25, 0.3) is 0 Å². The van der Waals surface area contributed by atoms with E-state index in [0.717, 1.165) is 5.92 Å². The van der Waals surface area contributed by atoms with Crippen LogP contribution in [0.5, 0.6) is 0 Å². The summed E-state index contributed by atoms with van der Waals surface area (Å²) in [5.74, 6) is 0.767. The average molecular weight is 267 g/mol. The van der Waals surface area contributed by atoms with E-state index in [1.807, 2.05) is 6.20 Å². The Labute approximate surface area is 116 Å². The highest BCUT2D eigenvalue weighted by atomic mass is 32.1. The topological polar surface area (TPSA) is 21.1 Å². The zero-order valence-corrected chi connectivity index (χ0v) is 12.6. The fourth-order valence-corrected chi connectivity index (χ4v) is 2.78. The molecule has 4 heteroatoms. The lowest BCUT2D eigenvalue weighted by Gasteiger charge is -2.33. The molecule has 0 aliphatic carbocycles. The first-order valence-corrected chi connectivity index (χ1v) is 7.52. The molecule has 3 nitrogen and oxygen atoms in total. The van der Waals surface area contributed by atoms with E-state index in [0.29, 0.717) is 6.04 Å². The lowest BCUT2D eigenvalue weighted by molar-refractivity contribution is 0.164. The molecule has 1 aromatic heterocycles. The van der Waals surface area contributed by atoms with Crippen molar-refractivity contribution >= 4 is 12.6 Å². The van der Waals surface area contributed by atoms with Gasteiger partial charge >= 0.3 is 0 Å². The minimum Gasteiger partial charge on any atom is -0.303 e. The summed E-state index contributed by atoms with van der Waals surface area (Å²) in [6.45, 7) is 10.3. The minimum absolute atomic E-state index is 0.278. The average Bonchev–Trinajstić information content (AvgIpc) is 2.78. The molecule has 0 aromatic carbocycles. The Hall–Kier alpha value is -0.480. The molecule has 0 bridgehead atoms. The van der Waals surface area contributed by atoms with Gasteiger partial charge in [-0.1, -0.05) is 13.8 Å². The molecule has 2 heterocycles. The van der Waals surface area contributed by atoms with Crippen molar-refractivity contribution in [2.75, 3.05) is 19.6 Å². The predicted molar refractivity (Wildman–Crippen MR) is 79.2 cm³/mol. The second kappa shape index (κ2) is 6.11. The lowest BCUT2D eigenvalue weighted by atomic mass is 10.0. The van der Waals surface area contributed by atoms with E-state index in [2.05, 4.69) is 54.3 Å². The largest absolute Gasteiger partial charge is 0.303 e. The number of thiol groups is 1. The molecule has 0 spiro atoms. The summed E-state index contributed by atoms with van der Waals surface area (Å²) in [4.78, 5) is 2.58. The van der Waals surface area contributed by atoms with Crippen LogP contribution < -0.4 is 0 Å². The SMILES string of the molecule is CC(C)CN1CCC(n2cc(C(C)S)cn2)CC1. The second-order valence-corrected chi connectivity index (χ2v) is 6.63. The number of hydrogen-bond donors (Lipinski definition) is 1. The maximum Gasteiger partial charge on any atom is 0.0543 e. The normalized spacial score (nSPS) is 20.5. The van der Waals surface area contributed by atoms with E-state index < -0.39 is 0 Å². The summed E-state index contributed by atoms with van der Waals surface area (Å²) in [5, 5.41) is 4.77.